The third kappa shape index (κ3) is 5.94. The van der Waals surface area contributed by atoms with Crippen molar-refractivity contribution in [1.82, 2.24) is 15.1 Å². The molecule has 3 aliphatic rings. The molecule has 0 spiro atoms. The van der Waals surface area contributed by atoms with E-state index in [1.165, 1.54) is 0 Å². The molecular formula is C23H35N3O4. The summed E-state index contributed by atoms with van der Waals surface area (Å²) < 4.78 is 17.1. The summed E-state index contributed by atoms with van der Waals surface area (Å²) in [6, 6.07) is 10.2. The fraction of sp³-hybridized carbons (Fsp3) is 0.696. The molecular weight excluding hydrogens is 382 g/mol. The van der Waals surface area contributed by atoms with Crippen molar-refractivity contribution in [3.63, 3.8) is 0 Å². The third-order valence-electron chi connectivity index (χ3n) is 6.36. The molecule has 4 rings (SSSR count). The lowest BCUT2D eigenvalue weighted by Gasteiger charge is -2.34. The maximum atomic E-state index is 13.1. The second-order valence-corrected chi connectivity index (χ2v) is 8.44. The quantitative estimate of drug-likeness (QED) is 0.648. The lowest BCUT2D eigenvalue weighted by molar-refractivity contribution is -0.127. The Morgan fingerprint density at radius 2 is 1.80 bits per heavy atom. The molecule has 1 amide bonds. The second kappa shape index (κ2) is 11.1. The molecule has 166 valence electrons. The van der Waals surface area contributed by atoms with Gasteiger partial charge in [-0.05, 0) is 37.9 Å². The van der Waals surface area contributed by atoms with E-state index in [1.54, 1.807) is 0 Å². The predicted molar refractivity (Wildman–Crippen MR) is 115 cm³/mol. The van der Waals surface area contributed by atoms with Crippen molar-refractivity contribution in [2.75, 3.05) is 59.2 Å². The molecule has 3 heterocycles. The molecule has 7 nitrogen and oxygen atoms in total. The highest BCUT2D eigenvalue weighted by atomic mass is 16.5. The Morgan fingerprint density at radius 3 is 2.57 bits per heavy atom. The summed E-state index contributed by atoms with van der Waals surface area (Å²) in [5, 5.41) is 3.19. The summed E-state index contributed by atoms with van der Waals surface area (Å²) >= 11 is 0. The number of carbonyl (C=O) groups excluding carboxylic acids is 1. The van der Waals surface area contributed by atoms with Crippen LogP contribution in [-0.2, 0) is 14.3 Å². The normalized spacial score (nSPS) is 26.5. The van der Waals surface area contributed by atoms with Crippen molar-refractivity contribution in [2.24, 2.45) is 0 Å². The average molecular weight is 418 g/mol. The zero-order chi connectivity index (χ0) is 20.6. The van der Waals surface area contributed by atoms with Crippen LogP contribution in [0.3, 0.4) is 0 Å². The van der Waals surface area contributed by atoms with Crippen molar-refractivity contribution in [1.29, 1.82) is 0 Å². The molecule has 1 N–H and O–H groups in total. The maximum Gasteiger partial charge on any atom is 0.237 e. The molecule has 0 saturated carbocycles. The third-order valence-corrected chi connectivity index (χ3v) is 6.36. The average Bonchev–Trinajstić information content (AvgIpc) is 3.22. The summed E-state index contributed by atoms with van der Waals surface area (Å²) in [6.45, 7) is 7.70. The molecule has 0 radical (unpaired) electrons. The van der Waals surface area contributed by atoms with Crippen LogP contribution in [0.5, 0.6) is 5.75 Å². The number of hydrogen-bond acceptors (Lipinski definition) is 6. The summed E-state index contributed by atoms with van der Waals surface area (Å²) in [6.07, 6.45) is 3.72. The number of nitrogens with one attached hydrogen (secondary N) is 1. The minimum absolute atomic E-state index is 0.0411. The SMILES string of the molecule is O=C(NCCCN1CCOCC1)[C@@H]1C[C@H](Oc2ccccc2)CN1C1CCOCC1. The number of carbonyl (C=O) groups is 1. The van der Waals surface area contributed by atoms with Crippen molar-refractivity contribution in [3.05, 3.63) is 30.3 Å². The molecule has 2 atom stereocenters. The van der Waals surface area contributed by atoms with Crippen molar-refractivity contribution in [2.45, 2.75) is 43.9 Å². The van der Waals surface area contributed by atoms with Crippen LogP contribution in [-0.4, -0.2) is 93.0 Å². The van der Waals surface area contributed by atoms with E-state index in [2.05, 4.69) is 15.1 Å². The number of likely N-dealkylation sites (tertiary alicyclic amines) is 1. The lowest BCUT2D eigenvalue weighted by atomic mass is 10.1. The number of amides is 1. The first-order chi connectivity index (χ1) is 14.8. The molecule has 0 aliphatic carbocycles. The molecule has 1 aromatic carbocycles. The number of benzene rings is 1. The number of hydrogen-bond donors (Lipinski definition) is 1. The molecule has 0 bridgehead atoms. The highest BCUT2D eigenvalue weighted by Gasteiger charge is 2.41. The summed E-state index contributed by atoms with van der Waals surface area (Å²) in [4.78, 5) is 17.8. The van der Waals surface area contributed by atoms with Gasteiger partial charge in [0.05, 0.1) is 19.3 Å². The zero-order valence-corrected chi connectivity index (χ0v) is 17.8. The summed E-state index contributed by atoms with van der Waals surface area (Å²) in [5.74, 6) is 1.02. The number of para-hydroxylation sites is 1. The van der Waals surface area contributed by atoms with Gasteiger partial charge in [0.1, 0.15) is 11.9 Å². The van der Waals surface area contributed by atoms with E-state index in [-0.39, 0.29) is 18.1 Å². The Bertz CT molecular complexity index is 647. The second-order valence-electron chi connectivity index (χ2n) is 8.44. The van der Waals surface area contributed by atoms with Crippen LogP contribution in [0.1, 0.15) is 25.7 Å². The van der Waals surface area contributed by atoms with Crippen molar-refractivity contribution in [3.8, 4) is 5.75 Å². The Kier molecular flexibility index (Phi) is 7.97. The first-order valence-corrected chi connectivity index (χ1v) is 11.4. The van der Waals surface area contributed by atoms with Gasteiger partial charge in [-0.1, -0.05) is 18.2 Å². The van der Waals surface area contributed by atoms with Crippen LogP contribution >= 0.6 is 0 Å². The predicted octanol–water partition coefficient (Wildman–Crippen LogP) is 1.53. The van der Waals surface area contributed by atoms with Gasteiger partial charge in [0.15, 0.2) is 0 Å². The Hall–Kier alpha value is -1.67. The van der Waals surface area contributed by atoms with Gasteiger partial charge < -0.3 is 19.5 Å². The van der Waals surface area contributed by atoms with Crippen LogP contribution in [0.15, 0.2) is 30.3 Å². The lowest BCUT2D eigenvalue weighted by Crippen LogP contribution is -2.49. The number of ether oxygens (including phenoxy) is 3. The van der Waals surface area contributed by atoms with E-state index >= 15 is 0 Å². The standard InChI is InChI=1S/C23H35N3O4/c27-23(24-9-4-10-25-11-15-29-16-12-25)22-17-21(30-20-5-2-1-3-6-20)18-26(22)19-7-13-28-14-8-19/h1-3,5-6,19,21-22H,4,7-18H2,(H,24,27)/t21-,22-/m0/s1. The first kappa shape index (κ1) is 21.6. The van der Waals surface area contributed by atoms with Crippen LogP contribution in [0.25, 0.3) is 0 Å². The van der Waals surface area contributed by atoms with Gasteiger partial charge in [0.25, 0.3) is 0 Å². The van der Waals surface area contributed by atoms with E-state index in [1.807, 2.05) is 30.3 Å². The van der Waals surface area contributed by atoms with Crippen molar-refractivity contribution >= 4 is 5.91 Å². The monoisotopic (exact) mass is 417 g/mol. The molecule has 3 saturated heterocycles. The van der Waals surface area contributed by atoms with Crippen molar-refractivity contribution < 1.29 is 19.0 Å². The van der Waals surface area contributed by atoms with E-state index in [0.717, 1.165) is 90.6 Å². The van der Waals surface area contributed by atoms with Crippen LogP contribution in [0.4, 0.5) is 0 Å². The molecule has 3 fully saturated rings. The van der Waals surface area contributed by atoms with Gasteiger partial charge in [0, 0.05) is 51.9 Å². The van der Waals surface area contributed by atoms with Gasteiger partial charge in [-0.3, -0.25) is 14.6 Å². The van der Waals surface area contributed by atoms with E-state index < -0.39 is 0 Å². The Labute approximate surface area is 179 Å². The van der Waals surface area contributed by atoms with Crippen LogP contribution < -0.4 is 10.1 Å². The molecule has 3 aliphatic heterocycles. The maximum absolute atomic E-state index is 13.1. The Morgan fingerprint density at radius 1 is 1.07 bits per heavy atom. The van der Waals surface area contributed by atoms with Gasteiger partial charge in [-0.2, -0.15) is 0 Å². The summed E-state index contributed by atoms with van der Waals surface area (Å²) in [5.41, 5.74) is 0. The smallest absolute Gasteiger partial charge is 0.237 e. The topological polar surface area (TPSA) is 63.3 Å². The van der Waals surface area contributed by atoms with Gasteiger partial charge >= 0.3 is 0 Å². The highest BCUT2D eigenvalue weighted by Crippen LogP contribution is 2.28. The molecule has 0 unspecified atom stereocenters. The van der Waals surface area contributed by atoms with Gasteiger partial charge in [-0.25, -0.2) is 0 Å². The molecule has 30 heavy (non-hydrogen) atoms. The fourth-order valence-electron chi connectivity index (χ4n) is 4.73. The first-order valence-electron chi connectivity index (χ1n) is 11.4. The molecule has 0 aromatic heterocycles. The minimum atomic E-state index is -0.120. The van der Waals surface area contributed by atoms with E-state index in [9.17, 15) is 4.79 Å². The zero-order valence-electron chi connectivity index (χ0n) is 17.8. The van der Waals surface area contributed by atoms with E-state index in [0.29, 0.717) is 6.04 Å². The number of nitrogens with zero attached hydrogens (tertiary/aromatic N) is 2. The number of rotatable bonds is 8. The van der Waals surface area contributed by atoms with E-state index in [4.69, 9.17) is 14.2 Å². The molecule has 1 aromatic rings. The van der Waals surface area contributed by atoms with Crippen LogP contribution in [0, 0.1) is 0 Å². The minimum Gasteiger partial charge on any atom is -0.489 e. The molecule has 7 heteroatoms. The van der Waals surface area contributed by atoms with Gasteiger partial charge in [0.2, 0.25) is 5.91 Å². The number of morpholine rings is 1. The summed E-state index contributed by atoms with van der Waals surface area (Å²) in [7, 11) is 0. The van der Waals surface area contributed by atoms with Gasteiger partial charge in [-0.15, -0.1) is 0 Å². The largest absolute Gasteiger partial charge is 0.489 e. The Balaban J connectivity index is 1.30. The van der Waals surface area contributed by atoms with Crippen LogP contribution in [0.2, 0.25) is 0 Å². The fourth-order valence-corrected chi connectivity index (χ4v) is 4.73. The highest BCUT2D eigenvalue weighted by molar-refractivity contribution is 5.82.